The van der Waals surface area contributed by atoms with Crippen LogP contribution in [-0.4, -0.2) is 16.8 Å². The molecule has 0 atom stereocenters. The summed E-state index contributed by atoms with van der Waals surface area (Å²) in [5.74, 6) is -0.901. The number of nitrogens with one attached hydrogen (secondary N) is 1. The Morgan fingerprint density at radius 3 is 2.76 bits per heavy atom. The molecule has 4 heteroatoms. The molecule has 0 aliphatic heterocycles. The molecule has 86 valence electrons. The van der Waals surface area contributed by atoms with Crippen LogP contribution in [0.25, 0.3) is 0 Å². The van der Waals surface area contributed by atoms with Crippen molar-refractivity contribution in [2.45, 2.75) is 6.42 Å². The van der Waals surface area contributed by atoms with Gasteiger partial charge in [-0.05, 0) is 30.7 Å². The van der Waals surface area contributed by atoms with Gasteiger partial charge in [0.15, 0.2) is 0 Å². The lowest BCUT2D eigenvalue weighted by molar-refractivity contribution is -0.132. The highest BCUT2D eigenvalue weighted by atomic mass is 16.4. The van der Waals surface area contributed by atoms with Crippen LogP contribution in [0, 0.1) is 0 Å². The van der Waals surface area contributed by atoms with Gasteiger partial charge in [0.05, 0.1) is 11.4 Å². The van der Waals surface area contributed by atoms with E-state index in [9.17, 15) is 4.79 Å². The van der Waals surface area contributed by atoms with Crippen molar-refractivity contribution in [2.24, 2.45) is 5.10 Å². The SMILES string of the molecule is O=C(O)C1=C/C(=N\Nc2ccccc2)C=CC1. The summed E-state index contributed by atoms with van der Waals surface area (Å²) in [6.45, 7) is 0. The molecule has 1 aromatic carbocycles. The number of aliphatic carboxylic acids is 1. The zero-order valence-electron chi connectivity index (χ0n) is 9.13. The molecule has 4 nitrogen and oxygen atoms in total. The lowest BCUT2D eigenvalue weighted by Gasteiger charge is -2.06. The number of rotatable bonds is 3. The first kappa shape index (κ1) is 11.1. The van der Waals surface area contributed by atoms with Crippen molar-refractivity contribution in [3.05, 3.63) is 54.1 Å². The molecule has 1 aromatic rings. The number of para-hydroxylation sites is 1. The van der Waals surface area contributed by atoms with Crippen molar-refractivity contribution >= 4 is 17.4 Å². The lowest BCUT2D eigenvalue weighted by atomic mass is 10.1. The highest BCUT2D eigenvalue weighted by Gasteiger charge is 2.09. The van der Waals surface area contributed by atoms with Crippen LogP contribution in [0.3, 0.4) is 0 Å². The number of hydrogen-bond acceptors (Lipinski definition) is 3. The molecule has 0 radical (unpaired) electrons. The first-order chi connectivity index (χ1) is 8.25. The molecule has 17 heavy (non-hydrogen) atoms. The zero-order valence-corrected chi connectivity index (χ0v) is 9.13. The summed E-state index contributed by atoms with van der Waals surface area (Å²) in [5.41, 5.74) is 4.70. The van der Waals surface area contributed by atoms with Crippen LogP contribution in [0.15, 0.2) is 59.2 Å². The van der Waals surface area contributed by atoms with Crippen LogP contribution in [0.4, 0.5) is 5.69 Å². The van der Waals surface area contributed by atoms with E-state index in [1.54, 1.807) is 18.2 Å². The number of allylic oxidation sites excluding steroid dienone is 3. The second-order valence-corrected chi connectivity index (χ2v) is 3.60. The highest BCUT2D eigenvalue weighted by molar-refractivity contribution is 6.09. The van der Waals surface area contributed by atoms with E-state index in [0.29, 0.717) is 17.7 Å². The van der Waals surface area contributed by atoms with E-state index in [-0.39, 0.29) is 0 Å². The van der Waals surface area contributed by atoms with Crippen molar-refractivity contribution in [1.82, 2.24) is 0 Å². The Kier molecular flexibility index (Phi) is 3.35. The molecule has 0 spiro atoms. The van der Waals surface area contributed by atoms with Gasteiger partial charge in [0.25, 0.3) is 0 Å². The van der Waals surface area contributed by atoms with E-state index in [4.69, 9.17) is 5.11 Å². The van der Waals surface area contributed by atoms with Crippen LogP contribution in [0.2, 0.25) is 0 Å². The van der Waals surface area contributed by atoms with Crippen LogP contribution in [0.5, 0.6) is 0 Å². The number of nitrogens with zero attached hydrogens (tertiary/aromatic N) is 1. The minimum absolute atomic E-state index is 0.348. The Hall–Kier alpha value is -2.36. The van der Waals surface area contributed by atoms with Gasteiger partial charge in [0, 0.05) is 5.57 Å². The average Bonchev–Trinajstić information content (AvgIpc) is 2.38. The molecule has 0 aromatic heterocycles. The maximum absolute atomic E-state index is 10.8. The maximum Gasteiger partial charge on any atom is 0.331 e. The fourth-order valence-corrected chi connectivity index (χ4v) is 1.45. The summed E-state index contributed by atoms with van der Waals surface area (Å²) < 4.78 is 0. The van der Waals surface area contributed by atoms with E-state index >= 15 is 0 Å². The summed E-state index contributed by atoms with van der Waals surface area (Å²) in [6, 6.07) is 9.49. The highest BCUT2D eigenvalue weighted by Crippen LogP contribution is 2.11. The topological polar surface area (TPSA) is 61.7 Å². The lowest BCUT2D eigenvalue weighted by Crippen LogP contribution is -2.07. The number of hydrazone groups is 1. The van der Waals surface area contributed by atoms with Gasteiger partial charge in [-0.1, -0.05) is 24.3 Å². The monoisotopic (exact) mass is 228 g/mol. The van der Waals surface area contributed by atoms with Gasteiger partial charge in [-0.2, -0.15) is 5.10 Å². The molecule has 0 saturated carbocycles. The Bertz CT molecular complexity index is 501. The third-order valence-electron chi connectivity index (χ3n) is 2.31. The summed E-state index contributed by atoms with van der Waals surface area (Å²) in [5, 5.41) is 13.0. The molecular weight excluding hydrogens is 216 g/mol. The molecule has 0 saturated heterocycles. The first-order valence-electron chi connectivity index (χ1n) is 5.25. The van der Waals surface area contributed by atoms with E-state index < -0.39 is 5.97 Å². The number of carboxylic acid groups (broad SMARTS) is 1. The Morgan fingerprint density at radius 2 is 2.06 bits per heavy atom. The van der Waals surface area contributed by atoms with Gasteiger partial charge >= 0.3 is 5.97 Å². The normalized spacial score (nSPS) is 16.7. The third kappa shape index (κ3) is 3.04. The Balaban J connectivity index is 2.10. The average molecular weight is 228 g/mol. The first-order valence-corrected chi connectivity index (χ1v) is 5.25. The van der Waals surface area contributed by atoms with Gasteiger partial charge in [-0.25, -0.2) is 4.79 Å². The minimum Gasteiger partial charge on any atom is -0.478 e. The van der Waals surface area contributed by atoms with Crippen LogP contribution in [-0.2, 0) is 4.79 Å². The number of anilines is 1. The fourth-order valence-electron chi connectivity index (χ4n) is 1.45. The van der Waals surface area contributed by atoms with Gasteiger partial charge in [-0.15, -0.1) is 0 Å². The molecular formula is C13H12N2O2. The summed E-state index contributed by atoms with van der Waals surface area (Å²) in [7, 11) is 0. The molecule has 0 heterocycles. The van der Waals surface area contributed by atoms with Gasteiger partial charge in [0.1, 0.15) is 0 Å². The van der Waals surface area contributed by atoms with Crippen molar-refractivity contribution in [3.8, 4) is 0 Å². The molecule has 0 unspecified atom stereocenters. The van der Waals surface area contributed by atoms with Gasteiger partial charge in [-0.3, -0.25) is 5.43 Å². The van der Waals surface area contributed by atoms with Crippen LogP contribution < -0.4 is 5.43 Å². The Labute approximate surface area is 99.0 Å². The molecule has 2 N–H and O–H groups in total. The number of carboxylic acids is 1. The second kappa shape index (κ2) is 5.12. The molecule has 2 rings (SSSR count). The minimum atomic E-state index is -0.901. The van der Waals surface area contributed by atoms with Crippen LogP contribution in [0.1, 0.15) is 6.42 Å². The number of hydrogen-bond donors (Lipinski definition) is 2. The van der Waals surface area contributed by atoms with Crippen LogP contribution >= 0.6 is 0 Å². The predicted molar refractivity (Wildman–Crippen MR) is 67.0 cm³/mol. The summed E-state index contributed by atoms with van der Waals surface area (Å²) >= 11 is 0. The zero-order chi connectivity index (χ0) is 12.1. The molecule has 0 bridgehead atoms. The van der Waals surface area contributed by atoms with Gasteiger partial charge in [0.2, 0.25) is 0 Å². The van der Waals surface area contributed by atoms with E-state index in [1.807, 2.05) is 30.3 Å². The summed E-state index contributed by atoms with van der Waals surface area (Å²) in [6.07, 6.45) is 5.59. The van der Waals surface area contributed by atoms with Crippen molar-refractivity contribution in [1.29, 1.82) is 0 Å². The second-order valence-electron chi connectivity index (χ2n) is 3.60. The number of carbonyl (C=O) groups is 1. The fraction of sp³-hybridized carbons (Fsp3) is 0.0769. The quantitative estimate of drug-likeness (QED) is 0.781. The molecule has 0 amide bonds. The smallest absolute Gasteiger partial charge is 0.331 e. The standard InChI is InChI=1S/C13H12N2O2/c16-13(17)10-5-4-8-12(9-10)15-14-11-6-2-1-3-7-11/h1-4,6-9,14H,5H2,(H,16,17)/b15-12-. The maximum atomic E-state index is 10.8. The van der Waals surface area contributed by atoms with Crippen molar-refractivity contribution < 1.29 is 9.90 Å². The van der Waals surface area contributed by atoms with Crippen molar-refractivity contribution in [3.63, 3.8) is 0 Å². The number of benzene rings is 1. The summed E-state index contributed by atoms with van der Waals surface area (Å²) in [4.78, 5) is 10.8. The van der Waals surface area contributed by atoms with E-state index in [1.165, 1.54) is 0 Å². The van der Waals surface area contributed by atoms with E-state index in [0.717, 1.165) is 5.69 Å². The van der Waals surface area contributed by atoms with Crippen molar-refractivity contribution in [2.75, 3.05) is 5.43 Å². The largest absolute Gasteiger partial charge is 0.478 e. The molecule has 0 fully saturated rings. The molecule has 1 aliphatic rings. The molecule has 1 aliphatic carbocycles. The predicted octanol–water partition coefficient (Wildman–Crippen LogP) is 2.43. The van der Waals surface area contributed by atoms with E-state index in [2.05, 4.69) is 10.5 Å². The van der Waals surface area contributed by atoms with Gasteiger partial charge < -0.3 is 5.11 Å². The third-order valence-corrected chi connectivity index (χ3v) is 2.31. The Morgan fingerprint density at radius 1 is 1.29 bits per heavy atom.